The molecule has 0 bridgehead atoms. The van der Waals surface area contributed by atoms with Gasteiger partial charge in [0.15, 0.2) is 0 Å². The van der Waals surface area contributed by atoms with Crippen LogP contribution in [0.2, 0.25) is 5.02 Å². The van der Waals surface area contributed by atoms with Crippen LogP contribution >= 0.6 is 11.6 Å². The van der Waals surface area contributed by atoms with Gasteiger partial charge in [-0.2, -0.15) is 9.37 Å². The first-order valence-corrected chi connectivity index (χ1v) is 6.20. The Morgan fingerprint density at radius 2 is 2.10 bits per heavy atom. The molecule has 1 aromatic carbocycles. The third kappa shape index (κ3) is 3.66. The second-order valence-corrected chi connectivity index (χ2v) is 4.41. The SMILES string of the molecule is COC(=O)c1cc(Cl)c(COc2cccc(F)n2)cc1F. The Bertz CT molecular complexity index is 679. The van der Waals surface area contributed by atoms with Crippen LogP contribution in [-0.2, 0) is 11.3 Å². The van der Waals surface area contributed by atoms with Gasteiger partial charge in [0.1, 0.15) is 12.4 Å². The van der Waals surface area contributed by atoms with Crippen molar-refractivity contribution in [3.63, 3.8) is 0 Å². The van der Waals surface area contributed by atoms with Gasteiger partial charge in [-0.3, -0.25) is 0 Å². The molecule has 21 heavy (non-hydrogen) atoms. The molecule has 0 aliphatic carbocycles. The molecule has 1 aromatic heterocycles. The number of esters is 1. The molecule has 2 aromatic rings. The summed E-state index contributed by atoms with van der Waals surface area (Å²) in [7, 11) is 1.14. The number of aromatic nitrogens is 1. The highest BCUT2D eigenvalue weighted by Gasteiger charge is 2.16. The average molecular weight is 314 g/mol. The molecule has 7 heteroatoms. The zero-order valence-corrected chi connectivity index (χ0v) is 11.7. The molecule has 0 N–H and O–H groups in total. The first kappa shape index (κ1) is 15.2. The van der Waals surface area contributed by atoms with Gasteiger partial charge < -0.3 is 9.47 Å². The molecule has 0 saturated heterocycles. The maximum absolute atomic E-state index is 13.8. The van der Waals surface area contributed by atoms with E-state index in [0.29, 0.717) is 5.56 Å². The Hall–Kier alpha value is -2.21. The lowest BCUT2D eigenvalue weighted by Gasteiger charge is -2.09. The van der Waals surface area contributed by atoms with E-state index in [2.05, 4.69) is 9.72 Å². The van der Waals surface area contributed by atoms with Crippen LogP contribution in [0.25, 0.3) is 0 Å². The van der Waals surface area contributed by atoms with Crippen molar-refractivity contribution < 1.29 is 23.0 Å². The molecule has 0 saturated carbocycles. The van der Waals surface area contributed by atoms with Crippen LogP contribution in [0, 0.1) is 11.8 Å². The molecule has 110 valence electrons. The normalized spacial score (nSPS) is 10.3. The summed E-state index contributed by atoms with van der Waals surface area (Å²) in [5.74, 6) is -2.25. The standard InChI is InChI=1S/C14H10ClF2NO3/c1-20-14(19)9-6-10(15)8(5-11(9)16)7-21-13-4-2-3-12(17)18-13/h2-6H,7H2,1H3. The molecular weight excluding hydrogens is 304 g/mol. The minimum atomic E-state index is -0.825. The van der Waals surface area contributed by atoms with Gasteiger partial charge in [-0.1, -0.05) is 17.7 Å². The van der Waals surface area contributed by atoms with E-state index in [1.807, 2.05) is 0 Å². The number of hydrogen-bond acceptors (Lipinski definition) is 4. The van der Waals surface area contributed by atoms with Crippen molar-refractivity contribution in [1.29, 1.82) is 0 Å². The summed E-state index contributed by atoms with van der Waals surface area (Å²) >= 11 is 5.95. The molecule has 2 rings (SSSR count). The van der Waals surface area contributed by atoms with Crippen LogP contribution in [0.3, 0.4) is 0 Å². The number of methoxy groups -OCH3 is 1. The monoisotopic (exact) mass is 313 g/mol. The fraction of sp³-hybridized carbons (Fsp3) is 0.143. The van der Waals surface area contributed by atoms with Crippen LogP contribution in [0.15, 0.2) is 30.3 Å². The molecule has 1 heterocycles. The lowest BCUT2D eigenvalue weighted by molar-refractivity contribution is 0.0595. The minimum Gasteiger partial charge on any atom is -0.473 e. The number of hydrogen-bond donors (Lipinski definition) is 0. The Morgan fingerprint density at radius 3 is 2.76 bits per heavy atom. The Balaban J connectivity index is 2.17. The van der Waals surface area contributed by atoms with Gasteiger partial charge in [0.2, 0.25) is 11.8 Å². The van der Waals surface area contributed by atoms with Gasteiger partial charge in [-0.15, -0.1) is 0 Å². The zero-order chi connectivity index (χ0) is 15.4. The van der Waals surface area contributed by atoms with E-state index in [-0.39, 0.29) is 23.1 Å². The van der Waals surface area contributed by atoms with Crippen LogP contribution in [-0.4, -0.2) is 18.1 Å². The number of carbonyl (C=O) groups excluding carboxylic acids is 1. The fourth-order valence-corrected chi connectivity index (χ4v) is 1.80. The predicted octanol–water partition coefficient (Wildman–Crippen LogP) is 3.38. The predicted molar refractivity (Wildman–Crippen MR) is 71.3 cm³/mol. The number of pyridine rings is 1. The van der Waals surface area contributed by atoms with Gasteiger partial charge in [0, 0.05) is 16.7 Å². The molecule has 0 fully saturated rings. The van der Waals surface area contributed by atoms with Gasteiger partial charge in [0.25, 0.3) is 0 Å². The first-order chi connectivity index (χ1) is 10.0. The third-order valence-corrected chi connectivity index (χ3v) is 2.96. The van der Waals surface area contributed by atoms with Crippen molar-refractivity contribution in [3.05, 3.63) is 58.2 Å². The maximum Gasteiger partial charge on any atom is 0.340 e. The van der Waals surface area contributed by atoms with E-state index in [1.165, 1.54) is 18.2 Å². The van der Waals surface area contributed by atoms with Crippen molar-refractivity contribution in [2.24, 2.45) is 0 Å². The van der Waals surface area contributed by atoms with Crippen molar-refractivity contribution >= 4 is 17.6 Å². The second kappa shape index (κ2) is 6.49. The smallest absolute Gasteiger partial charge is 0.340 e. The largest absolute Gasteiger partial charge is 0.473 e. The van der Waals surface area contributed by atoms with Crippen molar-refractivity contribution in [3.8, 4) is 5.88 Å². The van der Waals surface area contributed by atoms with Gasteiger partial charge in [-0.25, -0.2) is 9.18 Å². The Labute approximate surface area is 124 Å². The quantitative estimate of drug-likeness (QED) is 0.641. The highest BCUT2D eigenvalue weighted by atomic mass is 35.5. The van der Waals surface area contributed by atoms with Crippen molar-refractivity contribution in [1.82, 2.24) is 4.98 Å². The molecule has 0 aliphatic rings. The minimum absolute atomic E-state index is 0.0449. The molecule has 4 nitrogen and oxygen atoms in total. The molecule has 0 spiro atoms. The number of ether oxygens (including phenoxy) is 2. The van der Waals surface area contributed by atoms with E-state index in [4.69, 9.17) is 16.3 Å². The summed E-state index contributed by atoms with van der Waals surface area (Å²) in [4.78, 5) is 14.8. The summed E-state index contributed by atoms with van der Waals surface area (Å²) in [6.07, 6.45) is 0. The van der Waals surface area contributed by atoms with Crippen LogP contribution < -0.4 is 4.74 Å². The van der Waals surface area contributed by atoms with Crippen LogP contribution in [0.1, 0.15) is 15.9 Å². The van der Waals surface area contributed by atoms with E-state index in [1.54, 1.807) is 0 Å². The summed E-state index contributed by atoms with van der Waals surface area (Å²) in [6.45, 7) is -0.117. The second-order valence-electron chi connectivity index (χ2n) is 4.00. The number of carbonyl (C=O) groups is 1. The topological polar surface area (TPSA) is 48.4 Å². The lowest BCUT2D eigenvalue weighted by Crippen LogP contribution is -2.07. The van der Waals surface area contributed by atoms with Gasteiger partial charge in [-0.05, 0) is 18.2 Å². The van der Waals surface area contributed by atoms with Crippen molar-refractivity contribution in [2.45, 2.75) is 6.61 Å². The third-order valence-electron chi connectivity index (χ3n) is 2.61. The zero-order valence-electron chi connectivity index (χ0n) is 10.9. The maximum atomic E-state index is 13.8. The lowest BCUT2D eigenvalue weighted by atomic mass is 10.1. The summed E-state index contributed by atoms with van der Waals surface area (Å²) in [6, 6.07) is 6.27. The molecule has 0 unspecified atom stereocenters. The highest BCUT2D eigenvalue weighted by Crippen LogP contribution is 2.23. The van der Waals surface area contributed by atoms with E-state index >= 15 is 0 Å². The molecule has 0 atom stereocenters. The van der Waals surface area contributed by atoms with E-state index in [9.17, 15) is 13.6 Å². The average Bonchev–Trinajstić information content (AvgIpc) is 2.47. The molecule has 0 amide bonds. The van der Waals surface area contributed by atoms with E-state index < -0.39 is 17.7 Å². The van der Waals surface area contributed by atoms with Crippen LogP contribution in [0.4, 0.5) is 8.78 Å². The molecule has 0 radical (unpaired) electrons. The summed E-state index contributed by atoms with van der Waals surface area (Å²) in [5, 5.41) is 0.133. The highest BCUT2D eigenvalue weighted by molar-refractivity contribution is 6.31. The Morgan fingerprint density at radius 1 is 1.33 bits per heavy atom. The first-order valence-electron chi connectivity index (χ1n) is 5.83. The number of halogens is 3. The Kier molecular flexibility index (Phi) is 4.70. The molecular formula is C14H10ClF2NO3. The van der Waals surface area contributed by atoms with Crippen LogP contribution in [0.5, 0.6) is 5.88 Å². The summed E-state index contributed by atoms with van der Waals surface area (Å²) in [5.41, 5.74) is 0.0306. The van der Waals surface area contributed by atoms with Gasteiger partial charge >= 0.3 is 5.97 Å². The number of rotatable bonds is 4. The summed E-state index contributed by atoms with van der Waals surface area (Å²) < 4.78 is 36.3. The number of benzene rings is 1. The molecule has 0 aliphatic heterocycles. The van der Waals surface area contributed by atoms with Gasteiger partial charge in [0.05, 0.1) is 12.7 Å². The fourth-order valence-electron chi connectivity index (χ4n) is 1.59. The number of nitrogens with zero attached hydrogens (tertiary/aromatic N) is 1. The van der Waals surface area contributed by atoms with E-state index in [0.717, 1.165) is 19.2 Å². The van der Waals surface area contributed by atoms with Crippen molar-refractivity contribution in [2.75, 3.05) is 7.11 Å².